The lowest BCUT2D eigenvalue weighted by molar-refractivity contribution is -0.177. The molecule has 0 bridgehead atoms. The van der Waals surface area contributed by atoms with E-state index in [0.717, 1.165) is 38.7 Å². The normalized spacial score (nSPS) is 24.1. The summed E-state index contributed by atoms with van der Waals surface area (Å²) < 4.78 is 11.2. The van der Waals surface area contributed by atoms with Crippen molar-refractivity contribution in [2.75, 3.05) is 6.61 Å². The molecule has 1 rings (SSSR count). The molecule has 0 N–H and O–H groups in total. The molecule has 0 aromatic carbocycles. The molecule has 0 aromatic heterocycles. The lowest BCUT2D eigenvalue weighted by atomic mass is 10.1. The maximum absolute atomic E-state index is 5.68. The summed E-state index contributed by atoms with van der Waals surface area (Å²) in [4.78, 5) is 0. The Kier molecular flexibility index (Phi) is 5.66. The third-order valence-corrected chi connectivity index (χ3v) is 2.46. The van der Waals surface area contributed by atoms with Crippen LogP contribution in [0.4, 0.5) is 0 Å². The molecule has 14 heavy (non-hydrogen) atoms. The summed E-state index contributed by atoms with van der Waals surface area (Å²) in [5, 5.41) is 0. The van der Waals surface area contributed by atoms with Crippen molar-refractivity contribution in [1.29, 1.82) is 0 Å². The van der Waals surface area contributed by atoms with Crippen molar-refractivity contribution in [1.82, 2.24) is 0 Å². The van der Waals surface area contributed by atoms with E-state index < -0.39 is 0 Å². The van der Waals surface area contributed by atoms with Crippen molar-refractivity contribution in [3.63, 3.8) is 0 Å². The molecule has 2 heteroatoms. The molecular weight excluding hydrogens is 176 g/mol. The quantitative estimate of drug-likeness (QED) is 0.629. The second-order valence-corrected chi connectivity index (χ2v) is 3.73. The van der Waals surface area contributed by atoms with Gasteiger partial charge in [0.25, 0.3) is 0 Å². The van der Waals surface area contributed by atoms with Crippen LogP contribution < -0.4 is 0 Å². The van der Waals surface area contributed by atoms with Crippen LogP contribution in [0, 0.1) is 12.3 Å². The number of ether oxygens (including phenoxy) is 2. The third-order valence-electron chi connectivity index (χ3n) is 2.46. The van der Waals surface area contributed by atoms with Gasteiger partial charge in [0, 0.05) is 6.61 Å². The Balaban J connectivity index is 2.21. The molecule has 0 aromatic rings. The van der Waals surface area contributed by atoms with E-state index in [-0.39, 0.29) is 12.4 Å². The molecule has 1 aliphatic rings. The number of hydrogen-bond acceptors (Lipinski definition) is 2. The minimum atomic E-state index is -0.0574. The van der Waals surface area contributed by atoms with Gasteiger partial charge in [-0.05, 0) is 25.7 Å². The molecule has 2 nitrogen and oxygen atoms in total. The Morgan fingerprint density at radius 1 is 1.57 bits per heavy atom. The zero-order valence-corrected chi connectivity index (χ0v) is 9.00. The minimum absolute atomic E-state index is 0.0540. The van der Waals surface area contributed by atoms with Crippen LogP contribution in [0.2, 0.25) is 0 Å². The van der Waals surface area contributed by atoms with E-state index in [2.05, 4.69) is 12.8 Å². The van der Waals surface area contributed by atoms with Crippen LogP contribution in [0.15, 0.2) is 0 Å². The van der Waals surface area contributed by atoms with Gasteiger partial charge in [0.05, 0.1) is 0 Å². The first-order valence-electron chi connectivity index (χ1n) is 5.60. The molecule has 1 fully saturated rings. The molecular formula is C12H20O2. The Morgan fingerprint density at radius 3 is 3.00 bits per heavy atom. The van der Waals surface area contributed by atoms with Crippen molar-refractivity contribution >= 4 is 0 Å². The number of unbranched alkanes of at least 4 members (excludes halogenated alkanes) is 1. The molecule has 0 radical (unpaired) electrons. The predicted molar refractivity (Wildman–Crippen MR) is 56.8 cm³/mol. The zero-order valence-electron chi connectivity index (χ0n) is 9.00. The largest absolute Gasteiger partial charge is 0.353 e. The van der Waals surface area contributed by atoms with Crippen molar-refractivity contribution in [2.24, 2.45) is 0 Å². The summed E-state index contributed by atoms with van der Waals surface area (Å²) in [5.41, 5.74) is 0. The lowest BCUT2D eigenvalue weighted by Gasteiger charge is -2.25. The van der Waals surface area contributed by atoms with E-state index in [1.165, 1.54) is 6.42 Å². The van der Waals surface area contributed by atoms with Crippen LogP contribution in [-0.2, 0) is 9.47 Å². The zero-order chi connectivity index (χ0) is 10.2. The summed E-state index contributed by atoms with van der Waals surface area (Å²) in [6, 6.07) is 0. The van der Waals surface area contributed by atoms with Crippen molar-refractivity contribution in [3.05, 3.63) is 0 Å². The first-order valence-corrected chi connectivity index (χ1v) is 5.60. The second-order valence-electron chi connectivity index (χ2n) is 3.73. The summed E-state index contributed by atoms with van der Waals surface area (Å²) in [6.45, 7) is 2.97. The second kappa shape index (κ2) is 6.86. The first-order chi connectivity index (χ1) is 6.86. The van der Waals surface area contributed by atoms with Gasteiger partial charge < -0.3 is 9.47 Å². The molecule has 1 saturated heterocycles. The van der Waals surface area contributed by atoms with Gasteiger partial charge in [-0.15, -0.1) is 6.42 Å². The maximum atomic E-state index is 5.68. The van der Waals surface area contributed by atoms with Gasteiger partial charge in [0.15, 0.2) is 6.29 Å². The fourth-order valence-corrected chi connectivity index (χ4v) is 1.58. The van der Waals surface area contributed by atoms with E-state index in [0.29, 0.717) is 0 Å². The summed E-state index contributed by atoms with van der Waals surface area (Å²) >= 11 is 0. The molecule has 0 spiro atoms. The number of rotatable bonds is 5. The molecule has 80 valence electrons. The van der Waals surface area contributed by atoms with E-state index in [4.69, 9.17) is 15.9 Å². The molecule has 2 atom stereocenters. The van der Waals surface area contributed by atoms with Crippen LogP contribution in [0.1, 0.15) is 45.4 Å². The van der Waals surface area contributed by atoms with E-state index in [9.17, 15) is 0 Å². The fourth-order valence-electron chi connectivity index (χ4n) is 1.58. The van der Waals surface area contributed by atoms with E-state index >= 15 is 0 Å². The Hall–Kier alpha value is -0.520. The van der Waals surface area contributed by atoms with Gasteiger partial charge in [-0.3, -0.25) is 0 Å². The minimum Gasteiger partial charge on any atom is -0.353 e. The number of hydrogen-bond donors (Lipinski definition) is 0. The SMILES string of the molecule is C#C[C@@H](CCCC)OC1CCCCO1. The highest BCUT2D eigenvalue weighted by atomic mass is 16.7. The highest BCUT2D eigenvalue weighted by Gasteiger charge is 2.17. The van der Waals surface area contributed by atoms with Gasteiger partial charge in [-0.1, -0.05) is 25.7 Å². The first kappa shape index (κ1) is 11.6. The van der Waals surface area contributed by atoms with E-state index in [1.54, 1.807) is 0 Å². The monoisotopic (exact) mass is 196 g/mol. The molecule has 0 amide bonds. The van der Waals surface area contributed by atoms with Crippen LogP contribution in [0.5, 0.6) is 0 Å². The van der Waals surface area contributed by atoms with E-state index in [1.807, 2.05) is 0 Å². The van der Waals surface area contributed by atoms with Crippen LogP contribution >= 0.6 is 0 Å². The summed E-state index contributed by atoms with van der Waals surface area (Å²) in [6.07, 6.45) is 11.9. The van der Waals surface area contributed by atoms with Crippen molar-refractivity contribution in [2.45, 2.75) is 57.8 Å². The van der Waals surface area contributed by atoms with Gasteiger partial charge >= 0.3 is 0 Å². The Morgan fingerprint density at radius 2 is 2.43 bits per heavy atom. The van der Waals surface area contributed by atoms with Crippen LogP contribution in [0.25, 0.3) is 0 Å². The Bertz CT molecular complexity index is 177. The average molecular weight is 196 g/mol. The standard InChI is InChI=1S/C12H20O2/c1-3-5-8-11(4-2)14-12-9-6-7-10-13-12/h2,11-12H,3,5-10H2,1H3/t11-,12?/m0/s1. The molecule has 1 unspecified atom stereocenters. The highest BCUT2D eigenvalue weighted by Crippen LogP contribution is 2.17. The van der Waals surface area contributed by atoms with Gasteiger partial charge in [-0.25, -0.2) is 0 Å². The Labute approximate surface area is 87.0 Å². The summed E-state index contributed by atoms with van der Waals surface area (Å²) in [7, 11) is 0. The van der Waals surface area contributed by atoms with Gasteiger partial charge in [0.1, 0.15) is 6.10 Å². The molecule has 0 aliphatic carbocycles. The lowest BCUT2D eigenvalue weighted by Crippen LogP contribution is -2.27. The highest BCUT2D eigenvalue weighted by molar-refractivity contribution is 4.94. The topological polar surface area (TPSA) is 18.5 Å². The molecule has 0 saturated carbocycles. The summed E-state index contributed by atoms with van der Waals surface area (Å²) in [5.74, 6) is 2.68. The molecule has 1 heterocycles. The van der Waals surface area contributed by atoms with Crippen LogP contribution in [0.3, 0.4) is 0 Å². The van der Waals surface area contributed by atoms with Gasteiger partial charge in [-0.2, -0.15) is 0 Å². The number of terminal acetylenes is 1. The predicted octanol–water partition coefficient (Wildman–Crippen LogP) is 2.72. The maximum Gasteiger partial charge on any atom is 0.159 e. The van der Waals surface area contributed by atoms with Gasteiger partial charge in [0.2, 0.25) is 0 Å². The van der Waals surface area contributed by atoms with Crippen LogP contribution in [-0.4, -0.2) is 19.0 Å². The van der Waals surface area contributed by atoms with Crippen molar-refractivity contribution in [3.8, 4) is 12.3 Å². The third kappa shape index (κ3) is 4.13. The van der Waals surface area contributed by atoms with Crippen molar-refractivity contribution < 1.29 is 9.47 Å². The molecule has 1 aliphatic heterocycles. The smallest absolute Gasteiger partial charge is 0.159 e. The fraction of sp³-hybridized carbons (Fsp3) is 0.833. The average Bonchev–Trinajstić information content (AvgIpc) is 2.25.